The van der Waals surface area contributed by atoms with Gasteiger partial charge in [0.15, 0.2) is 5.78 Å². The molecular weight excluding hydrogens is 230 g/mol. The minimum absolute atomic E-state index is 0.0127. The molecule has 1 atom stereocenters. The number of anilines is 1. The van der Waals surface area contributed by atoms with E-state index in [1.165, 1.54) is 16.7 Å². The second kappa shape index (κ2) is 4.49. The van der Waals surface area contributed by atoms with E-state index in [1.807, 2.05) is 0 Å². The van der Waals surface area contributed by atoms with Gasteiger partial charge in [0.2, 0.25) is 0 Å². The van der Waals surface area contributed by atoms with E-state index in [0.29, 0.717) is 17.8 Å². The average Bonchev–Trinajstić information content (AvgIpc) is 2.66. The zero-order valence-corrected chi connectivity index (χ0v) is 10.3. The maximum Gasteiger partial charge on any atom is 0.325 e. The molecule has 0 saturated carbocycles. The van der Waals surface area contributed by atoms with Gasteiger partial charge in [-0.1, -0.05) is 0 Å². The molecule has 1 fully saturated rings. The van der Waals surface area contributed by atoms with Crippen molar-refractivity contribution < 1.29 is 9.59 Å². The molecule has 1 heterocycles. The molecule has 92 valence electrons. The van der Waals surface area contributed by atoms with Gasteiger partial charge in [0, 0.05) is 18.3 Å². The normalized spacial score (nSPS) is 18.9. The molecule has 1 unspecified atom stereocenters. The van der Waals surface area contributed by atoms with Crippen LogP contribution < -0.4 is 4.90 Å². The van der Waals surface area contributed by atoms with Gasteiger partial charge in [-0.3, -0.25) is 9.69 Å². The Morgan fingerprint density at radius 1 is 1.39 bits per heavy atom. The van der Waals surface area contributed by atoms with Gasteiger partial charge < -0.3 is 4.90 Å². The van der Waals surface area contributed by atoms with E-state index < -0.39 is 6.04 Å². The van der Waals surface area contributed by atoms with E-state index in [1.54, 1.807) is 31.3 Å². The first-order chi connectivity index (χ1) is 8.54. The molecule has 1 aliphatic heterocycles. The number of urea groups is 1. The molecule has 0 bridgehead atoms. The molecule has 1 aliphatic rings. The molecule has 5 nitrogen and oxygen atoms in total. The Hall–Kier alpha value is -2.35. The van der Waals surface area contributed by atoms with Gasteiger partial charge in [-0.15, -0.1) is 0 Å². The van der Waals surface area contributed by atoms with Crippen LogP contribution in [-0.4, -0.2) is 36.3 Å². The third-order valence-corrected chi connectivity index (χ3v) is 3.09. The minimum atomic E-state index is -0.426. The van der Waals surface area contributed by atoms with Gasteiger partial charge in [0.05, 0.1) is 12.6 Å². The van der Waals surface area contributed by atoms with Crippen LogP contribution in [0.4, 0.5) is 10.5 Å². The molecule has 0 radical (unpaired) electrons. The van der Waals surface area contributed by atoms with Gasteiger partial charge in [-0.05, 0) is 31.2 Å². The van der Waals surface area contributed by atoms with Crippen LogP contribution in [0, 0.1) is 11.3 Å². The second-order valence-corrected chi connectivity index (χ2v) is 4.25. The quantitative estimate of drug-likeness (QED) is 0.742. The van der Waals surface area contributed by atoms with Crippen LogP contribution in [0.2, 0.25) is 0 Å². The zero-order valence-electron chi connectivity index (χ0n) is 10.3. The fraction of sp³-hybridized carbons (Fsp3) is 0.308. The number of Topliss-reactive ketones (excluding diaryl/α,β-unsaturated/α-hetero) is 1. The number of carbonyl (C=O) groups is 2. The van der Waals surface area contributed by atoms with Crippen LogP contribution in [0.3, 0.4) is 0 Å². The van der Waals surface area contributed by atoms with Crippen LogP contribution in [0.1, 0.15) is 17.3 Å². The van der Waals surface area contributed by atoms with Crippen molar-refractivity contribution in [3.63, 3.8) is 0 Å². The lowest BCUT2D eigenvalue weighted by Gasteiger charge is -2.15. The van der Waals surface area contributed by atoms with E-state index in [4.69, 9.17) is 5.26 Å². The van der Waals surface area contributed by atoms with Crippen molar-refractivity contribution in [2.45, 2.75) is 13.0 Å². The lowest BCUT2D eigenvalue weighted by molar-refractivity contribution is 0.101. The maximum atomic E-state index is 11.9. The number of hydrogen-bond acceptors (Lipinski definition) is 3. The highest BCUT2D eigenvalue weighted by Crippen LogP contribution is 2.23. The molecule has 1 saturated heterocycles. The van der Waals surface area contributed by atoms with Crippen molar-refractivity contribution in [1.82, 2.24) is 4.90 Å². The van der Waals surface area contributed by atoms with Gasteiger partial charge in [-0.25, -0.2) is 4.79 Å². The topological polar surface area (TPSA) is 64.4 Å². The maximum absolute atomic E-state index is 11.9. The summed E-state index contributed by atoms with van der Waals surface area (Å²) < 4.78 is 0. The van der Waals surface area contributed by atoms with Gasteiger partial charge in [0.1, 0.15) is 6.04 Å². The van der Waals surface area contributed by atoms with Crippen molar-refractivity contribution in [2.24, 2.45) is 0 Å². The highest BCUT2D eigenvalue weighted by molar-refractivity contribution is 5.97. The summed E-state index contributed by atoms with van der Waals surface area (Å²) in [5.74, 6) is -0.0127. The van der Waals surface area contributed by atoms with E-state index in [9.17, 15) is 9.59 Å². The van der Waals surface area contributed by atoms with Gasteiger partial charge >= 0.3 is 6.03 Å². The number of likely N-dealkylation sites (N-methyl/N-ethyl adjacent to an activating group) is 1. The Labute approximate surface area is 105 Å². The van der Waals surface area contributed by atoms with E-state index in [2.05, 4.69) is 6.07 Å². The fourth-order valence-corrected chi connectivity index (χ4v) is 1.92. The number of hydrogen-bond donors (Lipinski definition) is 0. The summed E-state index contributed by atoms with van der Waals surface area (Å²) >= 11 is 0. The van der Waals surface area contributed by atoms with Crippen molar-refractivity contribution in [3.8, 4) is 6.07 Å². The Bertz CT molecular complexity index is 530. The molecule has 18 heavy (non-hydrogen) atoms. The second-order valence-electron chi connectivity index (χ2n) is 4.25. The van der Waals surface area contributed by atoms with Crippen molar-refractivity contribution in [2.75, 3.05) is 18.5 Å². The van der Waals surface area contributed by atoms with Crippen molar-refractivity contribution in [3.05, 3.63) is 29.8 Å². The molecule has 2 rings (SSSR count). The third kappa shape index (κ3) is 1.93. The molecule has 1 aromatic carbocycles. The fourth-order valence-electron chi connectivity index (χ4n) is 1.92. The summed E-state index contributed by atoms with van der Waals surface area (Å²) in [4.78, 5) is 26.0. The number of nitriles is 1. The zero-order chi connectivity index (χ0) is 13.3. The van der Waals surface area contributed by atoms with Crippen LogP contribution in [0.5, 0.6) is 0 Å². The van der Waals surface area contributed by atoms with Gasteiger partial charge in [-0.2, -0.15) is 5.26 Å². The number of rotatable bonds is 2. The first kappa shape index (κ1) is 12.1. The summed E-state index contributed by atoms with van der Waals surface area (Å²) in [7, 11) is 1.61. The number of carbonyl (C=O) groups excluding carboxylic acids is 2. The highest BCUT2D eigenvalue weighted by atomic mass is 16.2. The lowest BCUT2D eigenvalue weighted by Crippen LogP contribution is -2.30. The molecule has 0 aliphatic carbocycles. The molecule has 0 spiro atoms. The Morgan fingerprint density at radius 2 is 2.00 bits per heavy atom. The van der Waals surface area contributed by atoms with E-state index in [0.717, 1.165) is 0 Å². The first-order valence-electron chi connectivity index (χ1n) is 5.59. The Kier molecular flexibility index (Phi) is 3.02. The number of benzene rings is 1. The summed E-state index contributed by atoms with van der Waals surface area (Å²) in [5, 5.41) is 8.92. The smallest absolute Gasteiger partial charge is 0.310 e. The molecule has 0 aromatic heterocycles. The number of ketones is 1. The number of nitrogens with zero attached hydrogens (tertiary/aromatic N) is 3. The van der Waals surface area contributed by atoms with Crippen LogP contribution in [0.15, 0.2) is 24.3 Å². The minimum Gasteiger partial charge on any atom is -0.310 e. The van der Waals surface area contributed by atoms with Gasteiger partial charge in [0.25, 0.3) is 0 Å². The molecule has 0 N–H and O–H groups in total. The summed E-state index contributed by atoms with van der Waals surface area (Å²) in [6.07, 6.45) is 0. The predicted octanol–water partition coefficient (Wildman–Crippen LogP) is 1.65. The highest BCUT2D eigenvalue weighted by Gasteiger charge is 2.35. The Balaban J connectivity index is 2.25. The lowest BCUT2D eigenvalue weighted by atomic mass is 10.1. The first-order valence-corrected chi connectivity index (χ1v) is 5.59. The molecular formula is C13H13N3O2. The van der Waals surface area contributed by atoms with Crippen molar-refractivity contribution in [1.29, 1.82) is 5.26 Å². The SMILES string of the molecule is CC(=O)c1ccc(N2CC(C#N)N(C)C2=O)cc1. The predicted molar refractivity (Wildman–Crippen MR) is 66.4 cm³/mol. The molecule has 5 heteroatoms. The third-order valence-electron chi connectivity index (χ3n) is 3.09. The summed E-state index contributed by atoms with van der Waals surface area (Å²) in [6.45, 7) is 1.85. The standard InChI is InChI=1S/C13H13N3O2/c1-9(17)10-3-5-11(6-4-10)16-8-12(7-14)15(2)13(16)18/h3-6,12H,8H2,1-2H3. The molecule has 1 aromatic rings. The van der Waals surface area contributed by atoms with Crippen LogP contribution in [-0.2, 0) is 0 Å². The van der Waals surface area contributed by atoms with Crippen molar-refractivity contribution >= 4 is 17.5 Å². The average molecular weight is 243 g/mol. The molecule has 2 amide bonds. The van der Waals surface area contributed by atoms with E-state index >= 15 is 0 Å². The van der Waals surface area contributed by atoms with Crippen LogP contribution in [0.25, 0.3) is 0 Å². The summed E-state index contributed by atoms with van der Waals surface area (Å²) in [5.41, 5.74) is 1.31. The Morgan fingerprint density at radius 3 is 2.44 bits per heavy atom. The van der Waals surface area contributed by atoms with Crippen LogP contribution >= 0.6 is 0 Å². The monoisotopic (exact) mass is 243 g/mol. The number of amides is 2. The summed E-state index contributed by atoms with van der Waals surface area (Å²) in [6, 6.07) is 8.28. The largest absolute Gasteiger partial charge is 0.325 e. The van der Waals surface area contributed by atoms with E-state index in [-0.39, 0.29) is 11.8 Å².